The number of rotatable bonds is 2. The third kappa shape index (κ3) is 5.39. The summed E-state index contributed by atoms with van der Waals surface area (Å²) in [6.45, 7) is 0. The third-order valence-electron chi connectivity index (χ3n) is 3.64. The van der Waals surface area contributed by atoms with Crippen LogP contribution in [0.3, 0.4) is 0 Å². The highest BCUT2D eigenvalue weighted by Gasteiger charge is 1.99. The van der Waals surface area contributed by atoms with Gasteiger partial charge in [-0.15, -0.1) is 0 Å². The Hall–Kier alpha value is -3.22. The quantitative estimate of drug-likeness (QED) is 0.516. The Morgan fingerprint density at radius 1 is 0.536 bits per heavy atom. The van der Waals surface area contributed by atoms with Gasteiger partial charge in [-0.05, 0) is 36.4 Å². The molecule has 0 saturated heterocycles. The Morgan fingerprint density at radius 2 is 0.893 bits per heavy atom. The van der Waals surface area contributed by atoms with Gasteiger partial charge in [0.1, 0.15) is 0 Å². The Bertz CT molecular complexity index is 1030. The number of hydrogen-bond donors (Lipinski definition) is 2. The number of nitrogens with zero attached hydrogens (tertiary/aromatic N) is 2. The molecule has 4 rings (SSSR count). The van der Waals surface area contributed by atoms with E-state index in [1.807, 2.05) is 24.3 Å². The van der Waals surface area contributed by atoms with Gasteiger partial charge in [0.2, 0.25) is 0 Å². The summed E-state index contributed by atoms with van der Waals surface area (Å²) >= 11 is 11.5. The van der Waals surface area contributed by atoms with E-state index in [1.54, 1.807) is 36.4 Å². The first-order valence-electron chi connectivity index (χ1n) is 8.14. The van der Waals surface area contributed by atoms with Gasteiger partial charge < -0.3 is 0 Å². The lowest BCUT2D eigenvalue weighted by Gasteiger charge is -1.98. The molecule has 8 heteroatoms. The molecule has 2 heterocycles. The smallest absolute Gasteiger partial charge is 0.264 e. The molecule has 0 radical (unpaired) electrons. The first kappa shape index (κ1) is 19.5. The predicted molar refractivity (Wildman–Crippen MR) is 111 cm³/mol. The summed E-state index contributed by atoms with van der Waals surface area (Å²) in [5, 5.41) is 13.9. The second-order valence-corrected chi connectivity index (χ2v) is 6.50. The van der Waals surface area contributed by atoms with E-state index in [2.05, 4.69) is 20.4 Å². The van der Waals surface area contributed by atoms with Crippen molar-refractivity contribution in [3.8, 4) is 22.5 Å². The summed E-state index contributed by atoms with van der Waals surface area (Å²) in [5.74, 6) is 0. The number of H-pyrrole nitrogens is 2. The molecule has 0 atom stereocenters. The fraction of sp³-hybridized carbons (Fsp3) is 0. The Balaban J connectivity index is 0.000000161. The zero-order valence-corrected chi connectivity index (χ0v) is 15.9. The highest BCUT2D eigenvalue weighted by molar-refractivity contribution is 6.30. The molecule has 0 saturated carbocycles. The molecule has 0 fully saturated rings. The van der Waals surface area contributed by atoms with E-state index in [9.17, 15) is 9.59 Å². The number of benzene rings is 2. The largest absolute Gasteiger partial charge is 0.268 e. The van der Waals surface area contributed by atoms with Gasteiger partial charge in [-0.1, -0.05) is 47.5 Å². The third-order valence-corrected chi connectivity index (χ3v) is 4.14. The van der Waals surface area contributed by atoms with Crippen LogP contribution < -0.4 is 11.1 Å². The normalized spacial score (nSPS) is 10.1. The molecule has 140 valence electrons. The van der Waals surface area contributed by atoms with Crippen LogP contribution in [0.2, 0.25) is 10.0 Å². The van der Waals surface area contributed by atoms with Crippen molar-refractivity contribution in [3.63, 3.8) is 0 Å². The topological polar surface area (TPSA) is 91.5 Å². The molecule has 0 amide bonds. The summed E-state index contributed by atoms with van der Waals surface area (Å²) in [6, 6.07) is 20.7. The van der Waals surface area contributed by atoms with Crippen molar-refractivity contribution in [2.75, 3.05) is 0 Å². The van der Waals surface area contributed by atoms with E-state index < -0.39 is 0 Å². The summed E-state index contributed by atoms with van der Waals surface area (Å²) in [7, 11) is 0. The highest BCUT2D eigenvalue weighted by atomic mass is 35.5. The predicted octanol–water partition coefficient (Wildman–Crippen LogP) is 4.18. The van der Waals surface area contributed by atoms with Gasteiger partial charge in [0.05, 0.1) is 11.4 Å². The number of nitrogens with one attached hydrogen (secondary N) is 2. The molecule has 0 unspecified atom stereocenters. The number of hydrogen-bond acceptors (Lipinski definition) is 4. The van der Waals surface area contributed by atoms with Crippen LogP contribution in [-0.2, 0) is 0 Å². The fourth-order valence-corrected chi connectivity index (χ4v) is 2.50. The zero-order chi connectivity index (χ0) is 19.9. The average Bonchev–Trinajstić information content (AvgIpc) is 2.71. The van der Waals surface area contributed by atoms with Gasteiger partial charge in [-0.25, -0.2) is 10.2 Å². The summed E-state index contributed by atoms with van der Waals surface area (Å²) in [5.41, 5.74) is 2.88. The Kier molecular flexibility index (Phi) is 6.37. The van der Waals surface area contributed by atoms with Gasteiger partial charge in [-0.2, -0.15) is 10.2 Å². The maximum Gasteiger partial charge on any atom is 0.264 e. The van der Waals surface area contributed by atoms with E-state index in [-0.39, 0.29) is 11.1 Å². The van der Waals surface area contributed by atoms with Gasteiger partial charge in [0.25, 0.3) is 11.1 Å². The lowest BCUT2D eigenvalue weighted by atomic mass is 10.1. The molecule has 2 aromatic carbocycles. The van der Waals surface area contributed by atoms with Crippen LogP contribution in [0.25, 0.3) is 22.5 Å². The second kappa shape index (κ2) is 9.12. The SMILES string of the molecule is O=c1ccc(-c2ccc(Cl)cc2)n[nH]1.O=c1ccc(-c2ccc(Cl)cc2)n[nH]1. The average molecular weight is 413 g/mol. The summed E-state index contributed by atoms with van der Waals surface area (Å²) in [4.78, 5) is 21.5. The molecule has 2 aromatic heterocycles. The first-order chi connectivity index (χ1) is 13.5. The number of halogens is 2. The maximum absolute atomic E-state index is 10.8. The van der Waals surface area contributed by atoms with E-state index >= 15 is 0 Å². The van der Waals surface area contributed by atoms with Crippen molar-refractivity contribution < 1.29 is 0 Å². The minimum absolute atomic E-state index is 0.206. The highest BCUT2D eigenvalue weighted by Crippen LogP contribution is 2.18. The van der Waals surface area contributed by atoms with Crippen LogP contribution in [-0.4, -0.2) is 20.4 Å². The van der Waals surface area contributed by atoms with Crippen molar-refractivity contribution >= 4 is 23.2 Å². The minimum atomic E-state index is -0.206. The summed E-state index contributed by atoms with van der Waals surface area (Å²) < 4.78 is 0. The molecule has 6 nitrogen and oxygen atoms in total. The number of aromatic nitrogens is 4. The van der Waals surface area contributed by atoms with Crippen molar-refractivity contribution in [2.45, 2.75) is 0 Å². The van der Waals surface area contributed by atoms with Crippen LogP contribution in [0.5, 0.6) is 0 Å². The Morgan fingerprint density at radius 3 is 1.18 bits per heavy atom. The van der Waals surface area contributed by atoms with Gasteiger partial charge in [0, 0.05) is 33.3 Å². The molecule has 0 spiro atoms. The molecule has 28 heavy (non-hydrogen) atoms. The molecule has 0 aliphatic heterocycles. The fourth-order valence-electron chi connectivity index (χ4n) is 2.25. The second-order valence-electron chi connectivity index (χ2n) is 5.63. The van der Waals surface area contributed by atoms with E-state index in [1.165, 1.54) is 12.1 Å². The maximum atomic E-state index is 10.8. The molecule has 0 bridgehead atoms. The monoisotopic (exact) mass is 412 g/mol. The van der Waals surface area contributed by atoms with E-state index in [0.717, 1.165) is 22.5 Å². The van der Waals surface area contributed by atoms with Crippen LogP contribution >= 0.6 is 23.2 Å². The van der Waals surface area contributed by atoms with Crippen LogP contribution in [0.15, 0.2) is 82.4 Å². The van der Waals surface area contributed by atoms with Gasteiger partial charge >= 0.3 is 0 Å². The molecular formula is C20H14Cl2N4O2. The van der Waals surface area contributed by atoms with Crippen LogP contribution in [0, 0.1) is 0 Å². The molecular weight excluding hydrogens is 399 g/mol. The van der Waals surface area contributed by atoms with E-state index in [4.69, 9.17) is 23.2 Å². The van der Waals surface area contributed by atoms with E-state index in [0.29, 0.717) is 10.0 Å². The van der Waals surface area contributed by atoms with Gasteiger partial charge in [-0.3, -0.25) is 9.59 Å². The van der Waals surface area contributed by atoms with Crippen molar-refractivity contribution in [3.05, 3.63) is 104 Å². The summed E-state index contributed by atoms with van der Waals surface area (Å²) in [6.07, 6.45) is 0. The Labute approximate surface area is 169 Å². The standard InChI is InChI=1S/2C10H7ClN2O/c2*11-8-3-1-7(2-4-8)9-5-6-10(14)13-12-9/h2*1-6H,(H,13,14). The number of aromatic amines is 2. The van der Waals surface area contributed by atoms with Crippen molar-refractivity contribution in [1.82, 2.24) is 20.4 Å². The molecule has 4 aromatic rings. The lowest BCUT2D eigenvalue weighted by Crippen LogP contribution is -2.05. The van der Waals surface area contributed by atoms with Crippen molar-refractivity contribution in [2.24, 2.45) is 0 Å². The zero-order valence-electron chi connectivity index (χ0n) is 14.4. The minimum Gasteiger partial charge on any atom is -0.268 e. The first-order valence-corrected chi connectivity index (χ1v) is 8.90. The van der Waals surface area contributed by atoms with Crippen molar-refractivity contribution in [1.29, 1.82) is 0 Å². The van der Waals surface area contributed by atoms with Crippen LogP contribution in [0.4, 0.5) is 0 Å². The molecule has 0 aliphatic carbocycles. The molecule has 2 N–H and O–H groups in total. The lowest BCUT2D eigenvalue weighted by molar-refractivity contribution is 0.995. The van der Waals surface area contributed by atoms with Gasteiger partial charge in [0.15, 0.2) is 0 Å². The molecule has 0 aliphatic rings. The van der Waals surface area contributed by atoms with Crippen LogP contribution in [0.1, 0.15) is 0 Å².